The average Bonchev–Trinajstić information content (AvgIpc) is 2.15. The highest BCUT2D eigenvalue weighted by Gasteiger charge is 2.04. The summed E-state index contributed by atoms with van der Waals surface area (Å²) in [5, 5.41) is 15.9. The van der Waals surface area contributed by atoms with Gasteiger partial charge < -0.3 is 15.3 Å². The van der Waals surface area contributed by atoms with Gasteiger partial charge in [0.25, 0.3) is 0 Å². The molecule has 0 atom stereocenters. The molecule has 2 N–H and O–H groups in total. The Hall–Kier alpha value is -1.84. The number of hydrogen-bond acceptors (Lipinski definition) is 3. The summed E-state index contributed by atoms with van der Waals surface area (Å²) < 4.78 is 5.06. The Labute approximate surface area is 88.0 Å². The number of rotatable bonds is 4. The van der Waals surface area contributed by atoms with Crippen LogP contribution in [0.15, 0.2) is 18.2 Å². The van der Waals surface area contributed by atoms with E-state index in [1.807, 2.05) is 6.92 Å². The van der Waals surface area contributed by atoms with Crippen LogP contribution in [-0.2, 0) is 4.79 Å². The maximum Gasteiger partial charge on any atom is 0.341 e. The van der Waals surface area contributed by atoms with E-state index in [4.69, 9.17) is 15.3 Å². The smallest absolute Gasteiger partial charge is 0.341 e. The van der Waals surface area contributed by atoms with Gasteiger partial charge >= 0.3 is 5.97 Å². The van der Waals surface area contributed by atoms with Crippen molar-refractivity contribution in [3.63, 3.8) is 0 Å². The molecule has 1 aromatic rings. The summed E-state index contributed by atoms with van der Waals surface area (Å²) >= 11 is 0. The third-order valence-corrected chi connectivity index (χ3v) is 1.96. The molecule has 0 spiro atoms. The monoisotopic (exact) mass is 207 g/mol. The van der Waals surface area contributed by atoms with E-state index in [2.05, 4.69) is 0 Å². The molecule has 0 bridgehead atoms. The minimum atomic E-state index is -0.998. The molecule has 4 nitrogen and oxygen atoms in total. The van der Waals surface area contributed by atoms with Crippen LogP contribution in [0.25, 0.3) is 0 Å². The van der Waals surface area contributed by atoms with Gasteiger partial charge in [-0.1, -0.05) is 0 Å². The maximum atomic E-state index is 10.3. The molecule has 0 aliphatic heterocycles. The molecule has 0 saturated carbocycles. The Kier molecular flexibility index (Phi) is 3.44. The molecule has 0 fully saturated rings. The first-order valence-electron chi connectivity index (χ1n) is 4.51. The van der Waals surface area contributed by atoms with Gasteiger partial charge in [-0.3, -0.25) is 0 Å². The van der Waals surface area contributed by atoms with Gasteiger partial charge in [-0.2, -0.15) is 0 Å². The highest BCUT2D eigenvalue weighted by Crippen LogP contribution is 2.19. The van der Waals surface area contributed by atoms with Gasteiger partial charge in [-0.25, -0.2) is 4.79 Å². The van der Waals surface area contributed by atoms with Crippen molar-refractivity contribution < 1.29 is 14.6 Å². The van der Waals surface area contributed by atoms with E-state index >= 15 is 0 Å². The highest BCUT2D eigenvalue weighted by molar-refractivity contribution is 5.96. The molecule has 0 aliphatic rings. The number of carbonyl (C=O) groups is 1. The summed E-state index contributed by atoms with van der Waals surface area (Å²) in [5.74, 6) is -0.455. The number of hydrogen-bond donors (Lipinski definition) is 2. The predicted octanol–water partition coefficient (Wildman–Crippen LogP) is 1.85. The molecular weight excluding hydrogens is 194 g/mol. The topological polar surface area (TPSA) is 70.4 Å². The van der Waals surface area contributed by atoms with Gasteiger partial charge in [0.15, 0.2) is 6.61 Å². The third kappa shape index (κ3) is 3.09. The molecule has 1 aromatic carbocycles. The fraction of sp³-hybridized carbons (Fsp3) is 0.273. The molecular formula is C11H13NO3. The molecule has 80 valence electrons. The van der Waals surface area contributed by atoms with Gasteiger partial charge in [0, 0.05) is 5.71 Å². The molecule has 0 radical (unpaired) electrons. The summed E-state index contributed by atoms with van der Waals surface area (Å²) in [6.07, 6.45) is 0. The standard InChI is InChI=1S/C11H13NO3/c1-7-5-9(8(2)12)3-4-10(7)15-6-11(13)14/h3-5,12H,6H2,1-2H3,(H,13,14). The second-order valence-electron chi connectivity index (χ2n) is 3.29. The van der Waals surface area contributed by atoms with E-state index < -0.39 is 5.97 Å². The van der Waals surface area contributed by atoms with Gasteiger partial charge in [0.1, 0.15) is 5.75 Å². The van der Waals surface area contributed by atoms with Gasteiger partial charge in [0.2, 0.25) is 0 Å². The van der Waals surface area contributed by atoms with Crippen molar-refractivity contribution >= 4 is 11.7 Å². The Morgan fingerprint density at radius 2 is 2.20 bits per heavy atom. The Morgan fingerprint density at radius 3 is 2.67 bits per heavy atom. The van der Waals surface area contributed by atoms with E-state index in [0.717, 1.165) is 11.1 Å². The second-order valence-corrected chi connectivity index (χ2v) is 3.29. The van der Waals surface area contributed by atoms with Crippen LogP contribution in [0.1, 0.15) is 18.1 Å². The molecule has 0 unspecified atom stereocenters. The van der Waals surface area contributed by atoms with Crippen molar-refractivity contribution in [1.29, 1.82) is 5.41 Å². The van der Waals surface area contributed by atoms with Crippen LogP contribution in [0.4, 0.5) is 0 Å². The fourth-order valence-electron chi connectivity index (χ4n) is 1.18. The van der Waals surface area contributed by atoms with Gasteiger partial charge in [0.05, 0.1) is 0 Å². The van der Waals surface area contributed by atoms with Crippen molar-refractivity contribution in [3.05, 3.63) is 29.3 Å². The molecule has 0 aliphatic carbocycles. The lowest BCUT2D eigenvalue weighted by atomic mass is 10.1. The van der Waals surface area contributed by atoms with Crippen LogP contribution < -0.4 is 4.74 Å². The number of benzene rings is 1. The van der Waals surface area contributed by atoms with Crippen molar-refractivity contribution in [1.82, 2.24) is 0 Å². The van der Waals surface area contributed by atoms with E-state index in [1.54, 1.807) is 25.1 Å². The minimum absolute atomic E-state index is 0.343. The normalized spacial score (nSPS) is 9.73. The highest BCUT2D eigenvalue weighted by atomic mass is 16.5. The lowest BCUT2D eigenvalue weighted by molar-refractivity contribution is -0.139. The summed E-state index contributed by atoms with van der Waals surface area (Å²) in [5.41, 5.74) is 2.12. The average molecular weight is 207 g/mol. The second kappa shape index (κ2) is 4.59. The number of aliphatic carboxylic acids is 1. The first kappa shape index (κ1) is 11.2. The molecule has 4 heteroatoms. The van der Waals surface area contributed by atoms with Crippen LogP contribution in [-0.4, -0.2) is 23.4 Å². The predicted molar refractivity (Wildman–Crippen MR) is 56.8 cm³/mol. The molecule has 0 aromatic heterocycles. The third-order valence-electron chi connectivity index (χ3n) is 1.96. The molecule has 0 saturated heterocycles. The first-order valence-corrected chi connectivity index (χ1v) is 4.51. The van der Waals surface area contributed by atoms with Crippen molar-refractivity contribution in [2.75, 3.05) is 6.61 Å². The number of carboxylic acid groups (broad SMARTS) is 1. The van der Waals surface area contributed by atoms with E-state index in [0.29, 0.717) is 11.5 Å². The zero-order valence-electron chi connectivity index (χ0n) is 8.70. The maximum absolute atomic E-state index is 10.3. The fourth-order valence-corrected chi connectivity index (χ4v) is 1.18. The van der Waals surface area contributed by atoms with Crippen LogP contribution in [0.5, 0.6) is 5.75 Å². The minimum Gasteiger partial charge on any atom is -0.482 e. The van der Waals surface area contributed by atoms with Crippen LogP contribution in [0, 0.1) is 12.3 Å². The van der Waals surface area contributed by atoms with Gasteiger partial charge in [-0.15, -0.1) is 0 Å². The first-order chi connectivity index (χ1) is 7.00. The lowest BCUT2D eigenvalue weighted by Crippen LogP contribution is -2.10. The van der Waals surface area contributed by atoms with E-state index in [-0.39, 0.29) is 6.61 Å². The molecule has 15 heavy (non-hydrogen) atoms. The van der Waals surface area contributed by atoms with E-state index in [1.165, 1.54) is 0 Å². The van der Waals surface area contributed by atoms with Crippen LogP contribution >= 0.6 is 0 Å². The summed E-state index contributed by atoms with van der Waals surface area (Å²) in [4.78, 5) is 10.3. The number of aryl methyl sites for hydroxylation is 1. The van der Waals surface area contributed by atoms with E-state index in [9.17, 15) is 4.79 Å². The molecule has 0 amide bonds. The largest absolute Gasteiger partial charge is 0.482 e. The number of ether oxygens (including phenoxy) is 1. The Morgan fingerprint density at radius 1 is 1.53 bits per heavy atom. The molecule has 0 heterocycles. The number of carboxylic acids is 1. The van der Waals surface area contributed by atoms with Crippen LogP contribution in [0.2, 0.25) is 0 Å². The van der Waals surface area contributed by atoms with Crippen molar-refractivity contribution in [2.45, 2.75) is 13.8 Å². The quantitative estimate of drug-likeness (QED) is 0.740. The number of nitrogens with one attached hydrogen (secondary N) is 1. The Bertz CT molecular complexity index is 399. The Balaban J connectivity index is 2.83. The lowest BCUT2D eigenvalue weighted by Gasteiger charge is -2.08. The summed E-state index contributed by atoms with van der Waals surface area (Å²) in [7, 11) is 0. The SMILES string of the molecule is CC(=N)c1ccc(OCC(=O)O)c(C)c1. The van der Waals surface area contributed by atoms with Crippen molar-refractivity contribution in [2.24, 2.45) is 0 Å². The zero-order valence-corrected chi connectivity index (χ0v) is 8.70. The summed E-state index contributed by atoms with van der Waals surface area (Å²) in [6.45, 7) is 3.18. The zero-order chi connectivity index (χ0) is 11.4. The molecule has 1 rings (SSSR count). The summed E-state index contributed by atoms with van der Waals surface area (Å²) in [6, 6.07) is 5.23. The van der Waals surface area contributed by atoms with Gasteiger partial charge in [-0.05, 0) is 43.2 Å². The van der Waals surface area contributed by atoms with Crippen molar-refractivity contribution in [3.8, 4) is 5.75 Å². The van der Waals surface area contributed by atoms with Crippen LogP contribution in [0.3, 0.4) is 0 Å².